The number of hydrogen-bond donors (Lipinski definition) is 0. The summed E-state index contributed by atoms with van der Waals surface area (Å²) in [7, 11) is 0. The minimum absolute atomic E-state index is 0.617. The number of aryl methyl sites for hydroxylation is 2. The highest BCUT2D eigenvalue weighted by molar-refractivity contribution is 7.13. The summed E-state index contributed by atoms with van der Waals surface area (Å²) in [5.74, 6) is 0. The quantitative estimate of drug-likeness (QED) is 0.680. The molecular weight excluding hydrogens is 268 g/mol. The fourth-order valence-electron chi connectivity index (χ4n) is 2.29. The van der Waals surface area contributed by atoms with Gasteiger partial charge in [-0.05, 0) is 48.6 Å². The number of carbonyl (C=O) groups excluding carboxylic acids is 1. The van der Waals surface area contributed by atoms with Crippen molar-refractivity contribution >= 4 is 17.6 Å². The Balaban J connectivity index is 2.14. The first-order valence-corrected chi connectivity index (χ1v) is 7.23. The van der Waals surface area contributed by atoms with Crippen LogP contribution in [0, 0.1) is 13.8 Å². The standard InChI is InChI=1S/C16H14N2OS/c1-11-6-12(2)8-14(7-11)18-9-13(10-19)16(17-18)15-4-3-5-20-15/h3-10H,1-2H3. The van der Waals surface area contributed by atoms with E-state index >= 15 is 0 Å². The Morgan fingerprint density at radius 3 is 2.55 bits per heavy atom. The lowest BCUT2D eigenvalue weighted by atomic mass is 10.1. The van der Waals surface area contributed by atoms with Gasteiger partial charge in [0.2, 0.25) is 0 Å². The van der Waals surface area contributed by atoms with E-state index in [1.165, 1.54) is 11.1 Å². The van der Waals surface area contributed by atoms with Gasteiger partial charge in [-0.25, -0.2) is 4.68 Å². The van der Waals surface area contributed by atoms with Gasteiger partial charge in [0.25, 0.3) is 0 Å². The first-order valence-electron chi connectivity index (χ1n) is 6.35. The zero-order valence-electron chi connectivity index (χ0n) is 11.3. The zero-order chi connectivity index (χ0) is 14.1. The van der Waals surface area contributed by atoms with Crippen molar-refractivity contribution in [3.8, 4) is 16.3 Å². The van der Waals surface area contributed by atoms with Crippen LogP contribution in [0.5, 0.6) is 0 Å². The Kier molecular flexibility index (Phi) is 3.24. The first-order chi connectivity index (χ1) is 9.67. The lowest BCUT2D eigenvalue weighted by molar-refractivity contribution is 0.112. The molecule has 0 N–H and O–H groups in total. The molecule has 0 atom stereocenters. The van der Waals surface area contributed by atoms with Gasteiger partial charge >= 0.3 is 0 Å². The maximum atomic E-state index is 11.3. The molecule has 20 heavy (non-hydrogen) atoms. The molecule has 2 heterocycles. The third-order valence-corrected chi connectivity index (χ3v) is 3.97. The second-order valence-corrected chi connectivity index (χ2v) is 5.77. The zero-order valence-corrected chi connectivity index (χ0v) is 12.1. The maximum absolute atomic E-state index is 11.3. The number of nitrogens with zero attached hydrogens (tertiary/aromatic N) is 2. The molecule has 0 radical (unpaired) electrons. The van der Waals surface area contributed by atoms with E-state index in [0.29, 0.717) is 5.56 Å². The molecule has 0 fully saturated rings. The van der Waals surface area contributed by atoms with Gasteiger partial charge in [0.05, 0.1) is 16.1 Å². The van der Waals surface area contributed by atoms with Crippen LogP contribution < -0.4 is 0 Å². The molecule has 0 aliphatic carbocycles. The number of thiophene rings is 1. The van der Waals surface area contributed by atoms with Crippen LogP contribution in [0.3, 0.4) is 0 Å². The second-order valence-electron chi connectivity index (χ2n) is 4.82. The van der Waals surface area contributed by atoms with Crippen LogP contribution in [0.15, 0.2) is 41.9 Å². The van der Waals surface area contributed by atoms with Gasteiger partial charge in [-0.3, -0.25) is 4.79 Å². The van der Waals surface area contributed by atoms with Crippen LogP contribution in [-0.2, 0) is 0 Å². The van der Waals surface area contributed by atoms with Gasteiger partial charge < -0.3 is 0 Å². The van der Waals surface area contributed by atoms with Crippen LogP contribution in [0.2, 0.25) is 0 Å². The Morgan fingerprint density at radius 1 is 1.20 bits per heavy atom. The van der Waals surface area contributed by atoms with Crippen molar-refractivity contribution in [1.82, 2.24) is 9.78 Å². The normalized spacial score (nSPS) is 10.7. The van der Waals surface area contributed by atoms with Crippen molar-refractivity contribution in [3.63, 3.8) is 0 Å². The summed E-state index contributed by atoms with van der Waals surface area (Å²) < 4.78 is 1.78. The van der Waals surface area contributed by atoms with Gasteiger partial charge in [-0.15, -0.1) is 11.3 Å². The van der Waals surface area contributed by atoms with Crippen molar-refractivity contribution in [2.45, 2.75) is 13.8 Å². The minimum Gasteiger partial charge on any atom is -0.298 e. The number of benzene rings is 1. The SMILES string of the molecule is Cc1cc(C)cc(-n2cc(C=O)c(-c3cccs3)n2)c1. The van der Waals surface area contributed by atoms with E-state index in [0.717, 1.165) is 22.5 Å². The van der Waals surface area contributed by atoms with Crippen molar-refractivity contribution in [2.75, 3.05) is 0 Å². The van der Waals surface area contributed by atoms with Crippen molar-refractivity contribution in [2.24, 2.45) is 0 Å². The Labute approximate surface area is 121 Å². The van der Waals surface area contributed by atoms with Crippen LogP contribution in [0.25, 0.3) is 16.3 Å². The summed E-state index contributed by atoms with van der Waals surface area (Å²) >= 11 is 1.59. The van der Waals surface area contributed by atoms with Crippen LogP contribution in [0.1, 0.15) is 21.5 Å². The summed E-state index contributed by atoms with van der Waals surface area (Å²) in [6.07, 6.45) is 2.65. The van der Waals surface area contributed by atoms with E-state index in [9.17, 15) is 4.79 Å². The number of rotatable bonds is 3. The van der Waals surface area contributed by atoms with Gasteiger partial charge in [-0.2, -0.15) is 5.10 Å². The summed E-state index contributed by atoms with van der Waals surface area (Å²) in [5.41, 5.74) is 4.70. The third-order valence-electron chi connectivity index (χ3n) is 3.10. The monoisotopic (exact) mass is 282 g/mol. The van der Waals surface area contributed by atoms with Gasteiger partial charge in [-0.1, -0.05) is 12.1 Å². The third kappa shape index (κ3) is 2.30. The van der Waals surface area contributed by atoms with E-state index in [1.54, 1.807) is 22.2 Å². The number of carbonyl (C=O) groups is 1. The fraction of sp³-hybridized carbons (Fsp3) is 0.125. The molecule has 0 saturated heterocycles. The van der Waals surface area contributed by atoms with E-state index in [4.69, 9.17) is 0 Å². The van der Waals surface area contributed by atoms with Crippen LogP contribution >= 0.6 is 11.3 Å². The predicted octanol–water partition coefficient (Wildman–Crippen LogP) is 4.03. The molecule has 0 saturated carbocycles. The molecule has 2 aromatic heterocycles. The average molecular weight is 282 g/mol. The highest BCUT2D eigenvalue weighted by atomic mass is 32.1. The Bertz CT molecular complexity index is 737. The number of aldehydes is 1. The average Bonchev–Trinajstić information content (AvgIpc) is 3.06. The molecule has 0 aliphatic heterocycles. The van der Waals surface area contributed by atoms with Crippen LogP contribution in [0.4, 0.5) is 0 Å². The minimum atomic E-state index is 0.617. The molecule has 3 nitrogen and oxygen atoms in total. The Hall–Kier alpha value is -2.20. The Morgan fingerprint density at radius 2 is 1.95 bits per heavy atom. The molecule has 0 aliphatic rings. The fourth-order valence-corrected chi connectivity index (χ4v) is 3.02. The maximum Gasteiger partial charge on any atom is 0.153 e. The molecule has 100 valence electrons. The van der Waals surface area contributed by atoms with Gasteiger partial charge in [0.15, 0.2) is 6.29 Å². The van der Waals surface area contributed by atoms with Crippen molar-refractivity contribution < 1.29 is 4.79 Å². The van der Waals surface area contributed by atoms with Gasteiger partial charge in [0.1, 0.15) is 5.69 Å². The van der Waals surface area contributed by atoms with E-state index < -0.39 is 0 Å². The summed E-state index contributed by atoms with van der Waals surface area (Å²) in [6.45, 7) is 4.11. The first kappa shape index (κ1) is 12.8. The molecule has 3 aromatic rings. The topological polar surface area (TPSA) is 34.9 Å². The molecular formula is C16H14N2OS. The summed E-state index contributed by atoms with van der Waals surface area (Å²) in [6, 6.07) is 10.2. The van der Waals surface area contributed by atoms with Crippen LogP contribution in [-0.4, -0.2) is 16.1 Å². The summed E-state index contributed by atoms with van der Waals surface area (Å²) in [4.78, 5) is 12.3. The molecule has 3 rings (SSSR count). The summed E-state index contributed by atoms with van der Waals surface area (Å²) in [5, 5.41) is 6.56. The van der Waals surface area contributed by atoms with Gasteiger partial charge in [0, 0.05) is 6.20 Å². The van der Waals surface area contributed by atoms with E-state index in [1.807, 2.05) is 17.5 Å². The number of aromatic nitrogens is 2. The molecule has 0 unspecified atom stereocenters. The largest absolute Gasteiger partial charge is 0.298 e. The van der Waals surface area contributed by atoms with E-state index in [2.05, 4.69) is 37.1 Å². The lowest BCUT2D eigenvalue weighted by Gasteiger charge is -2.04. The highest BCUT2D eigenvalue weighted by Crippen LogP contribution is 2.27. The van der Waals surface area contributed by atoms with Crippen molar-refractivity contribution in [3.05, 3.63) is 58.6 Å². The van der Waals surface area contributed by atoms with Crippen molar-refractivity contribution in [1.29, 1.82) is 0 Å². The molecule has 0 amide bonds. The lowest BCUT2D eigenvalue weighted by Crippen LogP contribution is -1.96. The predicted molar refractivity (Wildman–Crippen MR) is 81.7 cm³/mol. The number of hydrogen-bond acceptors (Lipinski definition) is 3. The second kappa shape index (κ2) is 5.06. The molecule has 0 spiro atoms. The van der Waals surface area contributed by atoms with E-state index in [-0.39, 0.29) is 0 Å². The highest BCUT2D eigenvalue weighted by Gasteiger charge is 2.12. The molecule has 4 heteroatoms. The molecule has 1 aromatic carbocycles. The smallest absolute Gasteiger partial charge is 0.153 e. The molecule has 0 bridgehead atoms.